The number of H-pyrrole nitrogens is 1. The molecule has 2 aromatic rings. The molecule has 2 aliphatic rings. The van der Waals surface area contributed by atoms with Crippen molar-refractivity contribution in [2.45, 2.75) is 51.1 Å². The number of aromatic nitrogens is 1. The maximum atomic E-state index is 13.4. The van der Waals surface area contributed by atoms with E-state index >= 15 is 0 Å². The van der Waals surface area contributed by atoms with Gasteiger partial charge >= 0.3 is 0 Å². The molecule has 4 rings (SSSR count). The smallest absolute Gasteiger partial charge is 0.255 e. The highest BCUT2D eigenvalue weighted by Crippen LogP contribution is 2.40. The highest BCUT2D eigenvalue weighted by atomic mass is 16.2. The fourth-order valence-electron chi connectivity index (χ4n) is 4.36. The first-order valence-electron chi connectivity index (χ1n) is 9.42. The van der Waals surface area contributed by atoms with E-state index in [1.807, 2.05) is 25.1 Å². The molecule has 27 heavy (non-hydrogen) atoms. The number of carbonyl (C=O) groups is 2. The molecule has 2 N–H and O–H groups in total. The zero-order valence-corrected chi connectivity index (χ0v) is 15.4. The van der Waals surface area contributed by atoms with Crippen LogP contribution in [0.25, 0.3) is 0 Å². The molecule has 140 valence electrons. The van der Waals surface area contributed by atoms with Gasteiger partial charge < -0.3 is 15.2 Å². The number of benzene rings is 1. The average Bonchev–Trinajstić information content (AvgIpc) is 3.01. The number of anilines is 1. The minimum atomic E-state index is -0.872. The number of hydrogen-bond acceptors (Lipinski definition) is 3. The fourth-order valence-corrected chi connectivity index (χ4v) is 4.36. The van der Waals surface area contributed by atoms with Crippen LogP contribution in [0.5, 0.6) is 0 Å². The minimum Gasteiger partial charge on any atom is -0.329 e. The molecule has 0 spiro atoms. The van der Waals surface area contributed by atoms with Gasteiger partial charge in [-0.1, -0.05) is 31.4 Å². The van der Waals surface area contributed by atoms with Gasteiger partial charge in [-0.05, 0) is 43.0 Å². The third kappa shape index (κ3) is 2.95. The Morgan fingerprint density at radius 2 is 1.93 bits per heavy atom. The second-order valence-electron chi connectivity index (χ2n) is 7.48. The van der Waals surface area contributed by atoms with E-state index in [9.17, 15) is 14.4 Å². The van der Waals surface area contributed by atoms with Crippen molar-refractivity contribution in [3.63, 3.8) is 0 Å². The number of carbonyl (C=O) groups excluding carboxylic acids is 2. The molecule has 1 saturated carbocycles. The maximum Gasteiger partial charge on any atom is 0.255 e. The van der Waals surface area contributed by atoms with Gasteiger partial charge in [-0.25, -0.2) is 0 Å². The van der Waals surface area contributed by atoms with E-state index in [4.69, 9.17) is 0 Å². The molecule has 1 fully saturated rings. The van der Waals surface area contributed by atoms with E-state index in [1.165, 1.54) is 12.3 Å². The van der Waals surface area contributed by atoms with Crippen LogP contribution in [-0.2, 0) is 11.3 Å². The van der Waals surface area contributed by atoms with Crippen LogP contribution in [0.2, 0.25) is 0 Å². The molecule has 0 atom stereocenters. The molecule has 0 bridgehead atoms. The molecule has 6 heteroatoms. The van der Waals surface area contributed by atoms with Crippen LogP contribution in [0.15, 0.2) is 41.3 Å². The first-order chi connectivity index (χ1) is 13.0. The number of aryl methyl sites for hydroxylation is 1. The van der Waals surface area contributed by atoms with E-state index in [0.717, 1.165) is 30.4 Å². The van der Waals surface area contributed by atoms with Crippen molar-refractivity contribution in [3.05, 3.63) is 63.6 Å². The molecule has 0 radical (unpaired) electrons. The predicted molar refractivity (Wildman–Crippen MR) is 103 cm³/mol. The molecule has 0 unspecified atom stereocenters. The fraction of sp³-hybridized carbons (Fsp3) is 0.381. The lowest BCUT2D eigenvalue weighted by atomic mass is 9.79. The number of pyridine rings is 1. The summed E-state index contributed by atoms with van der Waals surface area (Å²) in [5, 5.41) is 2.88. The van der Waals surface area contributed by atoms with Crippen LogP contribution in [0.1, 0.15) is 53.6 Å². The molecule has 0 saturated heterocycles. The molecule has 2 heterocycles. The van der Waals surface area contributed by atoms with Gasteiger partial charge in [-0.3, -0.25) is 14.4 Å². The number of hydrogen-bond donors (Lipinski definition) is 2. The molecular weight excluding hydrogens is 342 g/mol. The first kappa shape index (κ1) is 17.5. The van der Waals surface area contributed by atoms with Crippen LogP contribution in [0.3, 0.4) is 0 Å². The maximum absolute atomic E-state index is 13.4. The third-order valence-corrected chi connectivity index (χ3v) is 5.86. The van der Waals surface area contributed by atoms with Crippen LogP contribution in [0.4, 0.5) is 5.69 Å². The molecule has 2 amide bonds. The Hall–Kier alpha value is -2.89. The van der Waals surface area contributed by atoms with E-state index in [1.54, 1.807) is 11.0 Å². The van der Waals surface area contributed by atoms with Crippen molar-refractivity contribution in [2.75, 3.05) is 5.32 Å². The van der Waals surface area contributed by atoms with Gasteiger partial charge in [0.1, 0.15) is 5.54 Å². The zero-order chi connectivity index (χ0) is 19.0. The summed E-state index contributed by atoms with van der Waals surface area (Å²) in [4.78, 5) is 42.4. The summed E-state index contributed by atoms with van der Waals surface area (Å²) in [6, 6.07) is 8.74. The van der Waals surface area contributed by atoms with Gasteiger partial charge in [-0.2, -0.15) is 0 Å². The van der Waals surface area contributed by atoms with Gasteiger partial charge in [0.25, 0.3) is 5.91 Å². The minimum absolute atomic E-state index is 0.0725. The summed E-state index contributed by atoms with van der Waals surface area (Å²) in [5.74, 6) is -0.275. The van der Waals surface area contributed by atoms with Gasteiger partial charge in [0.15, 0.2) is 0 Å². The number of fused-ring (bicyclic) bond motifs is 1. The van der Waals surface area contributed by atoms with E-state index < -0.39 is 5.54 Å². The lowest BCUT2D eigenvalue weighted by Crippen LogP contribution is -2.58. The highest BCUT2D eigenvalue weighted by molar-refractivity contribution is 6.06. The van der Waals surface area contributed by atoms with Crippen LogP contribution < -0.4 is 10.9 Å². The van der Waals surface area contributed by atoms with Gasteiger partial charge in [0.2, 0.25) is 11.5 Å². The number of nitrogens with one attached hydrogen (secondary N) is 2. The van der Waals surface area contributed by atoms with Crippen molar-refractivity contribution >= 4 is 17.5 Å². The molecular formula is C21H23N3O3. The Balaban J connectivity index is 1.69. The summed E-state index contributed by atoms with van der Waals surface area (Å²) < 4.78 is 0. The first-order valence-corrected chi connectivity index (χ1v) is 9.42. The van der Waals surface area contributed by atoms with E-state index in [-0.39, 0.29) is 17.4 Å². The van der Waals surface area contributed by atoms with Crippen molar-refractivity contribution in [2.24, 2.45) is 0 Å². The van der Waals surface area contributed by atoms with Crippen molar-refractivity contribution in [3.8, 4) is 0 Å². The SMILES string of the molecule is Cc1cccc2c1CN(C1(C(=O)Nc3cc[nH]c(=O)c3)CCCCC1)C2=O. The summed E-state index contributed by atoms with van der Waals surface area (Å²) in [6.07, 6.45) is 5.66. The molecule has 1 aromatic heterocycles. The van der Waals surface area contributed by atoms with E-state index in [2.05, 4.69) is 10.3 Å². The third-order valence-electron chi connectivity index (χ3n) is 5.86. The summed E-state index contributed by atoms with van der Waals surface area (Å²) in [5.41, 5.74) is 2.09. The van der Waals surface area contributed by atoms with Gasteiger partial charge in [0, 0.05) is 30.1 Å². The largest absolute Gasteiger partial charge is 0.329 e. The van der Waals surface area contributed by atoms with Crippen molar-refractivity contribution in [1.29, 1.82) is 0 Å². The molecule has 1 aromatic carbocycles. The standard InChI is InChI=1S/C21H23N3O3/c1-14-6-5-7-16-17(14)13-24(19(16)26)21(9-3-2-4-10-21)20(27)23-15-8-11-22-18(25)12-15/h5-8,11-12H,2-4,9-10,13H2,1H3,(H2,22,23,25,27). The van der Waals surface area contributed by atoms with Crippen molar-refractivity contribution in [1.82, 2.24) is 9.88 Å². The van der Waals surface area contributed by atoms with Crippen LogP contribution >= 0.6 is 0 Å². The number of rotatable bonds is 3. The Morgan fingerprint density at radius 1 is 1.15 bits per heavy atom. The number of amides is 2. The average molecular weight is 365 g/mol. The molecule has 1 aliphatic heterocycles. The Bertz CT molecular complexity index is 957. The molecule has 6 nitrogen and oxygen atoms in total. The normalized spacial score (nSPS) is 18.3. The zero-order valence-electron chi connectivity index (χ0n) is 15.4. The highest BCUT2D eigenvalue weighted by Gasteiger charge is 2.49. The monoisotopic (exact) mass is 365 g/mol. The quantitative estimate of drug-likeness (QED) is 0.877. The van der Waals surface area contributed by atoms with Crippen LogP contribution in [-0.4, -0.2) is 27.2 Å². The van der Waals surface area contributed by atoms with Crippen molar-refractivity contribution < 1.29 is 9.59 Å². The lowest BCUT2D eigenvalue weighted by molar-refractivity contribution is -0.129. The second kappa shape index (κ2) is 6.68. The van der Waals surface area contributed by atoms with Gasteiger partial charge in [0.05, 0.1) is 0 Å². The Labute approximate surface area is 157 Å². The number of aromatic amines is 1. The van der Waals surface area contributed by atoms with Gasteiger partial charge in [-0.15, -0.1) is 0 Å². The predicted octanol–water partition coefficient (Wildman–Crippen LogP) is 2.98. The van der Waals surface area contributed by atoms with E-state index in [0.29, 0.717) is 30.6 Å². The Morgan fingerprint density at radius 3 is 2.63 bits per heavy atom. The summed E-state index contributed by atoms with van der Waals surface area (Å²) in [7, 11) is 0. The Kier molecular flexibility index (Phi) is 4.34. The lowest BCUT2D eigenvalue weighted by Gasteiger charge is -2.43. The molecule has 1 aliphatic carbocycles. The second-order valence-corrected chi connectivity index (χ2v) is 7.48. The number of nitrogens with zero attached hydrogens (tertiary/aromatic N) is 1. The topological polar surface area (TPSA) is 82.3 Å². The van der Waals surface area contributed by atoms with Crippen LogP contribution in [0, 0.1) is 6.92 Å². The summed E-state index contributed by atoms with van der Waals surface area (Å²) >= 11 is 0. The summed E-state index contributed by atoms with van der Waals surface area (Å²) in [6.45, 7) is 2.46.